The number of methoxy groups -OCH3 is 1. The van der Waals surface area contributed by atoms with Gasteiger partial charge in [-0.15, -0.1) is 6.42 Å². The predicted molar refractivity (Wildman–Crippen MR) is 124 cm³/mol. The first-order valence-electron chi connectivity index (χ1n) is 10.9. The number of carbonyl (C=O) groups excluding carboxylic acids is 2. The Balaban J connectivity index is 2.29. The van der Waals surface area contributed by atoms with E-state index in [2.05, 4.69) is 21.9 Å². The number of Topliss-reactive ketones (excluding diaryl/α,β-unsaturated/α-hetero) is 1. The van der Waals surface area contributed by atoms with Crippen molar-refractivity contribution in [1.29, 1.82) is 0 Å². The van der Waals surface area contributed by atoms with Crippen LogP contribution in [0, 0.1) is 12.3 Å². The van der Waals surface area contributed by atoms with Gasteiger partial charge in [0, 0.05) is 36.8 Å². The number of benzene rings is 1. The largest absolute Gasteiger partial charge is 0.457 e. The van der Waals surface area contributed by atoms with Gasteiger partial charge in [0.15, 0.2) is 0 Å². The first kappa shape index (κ1) is 28.1. The van der Waals surface area contributed by atoms with E-state index in [4.69, 9.17) is 20.6 Å². The Morgan fingerprint density at radius 1 is 1.26 bits per heavy atom. The molecule has 0 radical (unpaired) electrons. The molecule has 0 spiro atoms. The van der Waals surface area contributed by atoms with Gasteiger partial charge in [-0.1, -0.05) is 65.2 Å². The summed E-state index contributed by atoms with van der Waals surface area (Å²) in [5.41, 5.74) is -3.71. The lowest BCUT2D eigenvalue weighted by Gasteiger charge is -2.40. The molecular formula is C25H28BrF3O5. The molecule has 1 aromatic rings. The van der Waals surface area contributed by atoms with Crippen LogP contribution in [-0.4, -0.2) is 48.2 Å². The number of rotatable bonds is 10. The van der Waals surface area contributed by atoms with Crippen LogP contribution in [0.5, 0.6) is 0 Å². The molecule has 0 N–H and O–H groups in total. The normalized spacial score (nSPS) is 24.9. The van der Waals surface area contributed by atoms with Crippen LogP contribution in [0.25, 0.3) is 0 Å². The number of allylic oxidation sites excluding steroid dienone is 2. The maximum Gasteiger partial charge on any atom is 0.432 e. The van der Waals surface area contributed by atoms with E-state index in [0.717, 1.165) is 19.2 Å². The van der Waals surface area contributed by atoms with Crippen LogP contribution in [0.1, 0.15) is 44.6 Å². The molecule has 5 nitrogen and oxygen atoms in total. The number of ether oxygens (including phenoxy) is 3. The topological polar surface area (TPSA) is 61.8 Å². The van der Waals surface area contributed by atoms with E-state index in [-0.39, 0.29) is 36.0 Å². The highest BCUT2D eigenvalue weighted by Crippen LogP contribution is 2.44. The number of alkyl halides is 4. The lowest BCUT2D eigenvalue weighted by atomic mass is 9.91. The van der Waals surface area contributed by atoms with Crippen molar-refractivity contribution in [2.45, 2.75) is 73.9 Å². The molecule has 0 aliphatic carbocycles. The number of hydrogen-bond acceptors (Lipinski definition) is 5. The molecule has 1 aromatic carbocycles. The van der Waals surface area contributed by atoms with Crippen molar-refractivity contribution in [1.82, 2.24) is 0 Å². The summed E-state index contributed by atoms with van der Waals surface area (Å²) in [6.07, 6.45) is 2.27. The number of ketones is 1. The van der Waals surface area contributed by atoms with Crippen molar-refractivity contribution in [3.8, 4) is 12.3 Å². The summed E-state index contributed by atoms with van der Waals surface area (Å²) < 4.78 is 58.9. The Morgan fingerprint density at radius 2 is 1.94 bits per heavy atom. The van der Waals surface area contributed by atoms with Gasteiger partial charge in [0.2, 0.25) is 0 Å². The lowest BCUT2D eigenvalue weighted by molar-refractivity contribution is -0.281. The van der Waals surface area contributed by atoms with Gasteiger partial charge >= 0.3 is 12.1 Å². The number of hydrogen-bond donors (Lipinski definition) is 0. The quantitative estimate of drug-likeness (QED) is 0.228. The van der Waals surface area contributed by atoms with Gasteiger partial charge in [-0.25, -0.2) is 4.79 Å². The number of halogens is 4. The molecule has 1 fully saturated rings. The minimum absolute atomic E-state index is 0.102. The van der Waals surface area contributed by atoms with Crippen LogP contribution in [0.2, 0.25) is 0 Å². The maximum absolute atomic E-state index is 14.2. The second kappa shape index (κ2) is 12.5. The van der Waals surface area contributed by atoms with E-state index >= 15 is 0 Å². The summed E-state index contributed by atoms with van der Waals surface area (Å²) in [6.45, 7) is 1.89. The zero-order valence-corrected chi connectivity index (χ0v) is 20.6. The molecule has 0 saturated carbocycles. The highest BCUT2D eigenvalue weighted by atomic mass is 79.9. The smallest absolute Gasteiger partial charge is 0.432 e. The summed E-state index contributed by atoms with van der Waals surface area (Å²) in [6, 6.07) is 6.59. The molecule has 0 bridgehead atoms. The predicted octanol–water partition coefficient (Wildman–Crippen LogP) is 5.26. The maximum atomic E-state index is 14.2. The van der Waals surface area contributed by atoms with E-state index in [1.54, 1.807) is 6.08 Å². The van der Waals surface area contributed by atoms with E-state index in [1.807, 2.05) is 6.92 Å². The third kappa shape index (κ3) is 6.49. The van der Waals surface area contributed by atoms with Crippen LogP contribution in [0.4, 0.5) is 13.2 Å². The zero-order valence-electron chi connectivity index (χ0n) is 19.0. The van der Waals surface area contributed by atoms with Gasteiger partial charge < -0.3 is 14.2 Å². The second-order valence-corrected chi connectivity index (χ2v) is 9.09. The van der Waals surface area contributed by atoms with Crippen LogP contribution in [-0.2, 0) is 29.4 Å². The molecular weight excluding hydrogens is 517 g/mol. The molecule has 1 heterocycles. The number of terminal acetylenes is 1. The van der Waals surface area contributed by atoms with Crippen molar-refractivity contribution in [3.05, 3.63) is 48.0 Å². The molecule has 0 unspecified atom stereocenters. The second-order valence-electron chi connectivity index (χ2n) is 7.92. The molecule has 34 heavy (non-hydrogen) atoms. The number of carbonyl (C=O) groups is 2. The molecule has 2 rings (SSSR count). The van der Waals surface area contributed by atoms with E-state index in [0.29, 0.717) is 12.8 Å². The fourth-order valence-electron chi connectivity index (χ4n) is 3.91. The van der Waals surface area contributed by atoms with Gasteiger partial charge in [0.1, 0.15) is 18.0 Å². The SMILES string of the molecule is C#C/C=C\CCC(=O)C[C@H]1O[C@H](CC)[C@@H](Br)C[C@H]1OC(=O)[C@](OC)(c1ccccc1)C(F)(F)F. The van der Waals surface area contributed by atoms with Crippen LogP contribution in [0.15, 0.2) is 42.5 Å². The highest BCUT2D eigenvalue weighted by molar-refractivity contribution is 9.09. The molecule has 0 amide bonds. The van der Waals surface area contributed by atoms with Crippen molar-refractivity contribution in [2.24, 2.45) is 0 Å². The molecule has 1 aliphatic rings. The lowest BCUT2D eigenvalue weighted by Crippen LogP contribution is -2.55. The summed E-state index contributed by atoms with van der Waals surface area (Å²) in [5, 5.41) is 0. The molecule has 1 saturated heterocycles. The van der Waals surface area contributed by atoms with Gasteiger partial charge in [-0.2, -0.15) is 13.2 Å². The van der Waals surface area contributed by atoms with Crippen LogP contribution < -0.4 is 0 Å². The standard InChI is InChI=1S/C25H28BrF3O5/c1-4-6-7-11-14-18(30)15-21-22(16-19(26)20(5-2)33-21)34-23(31)24(32-3,25(27,28)29)17-12-9-8-10-13-17/h1,6-10,12-13,19-22H,5,11,14-16H2,2-3H3/b7-6-/t19-,20+,21+,22+,24+/m0/s1. The third-order valence-electron chi connectivity index (χ3n) is 5.69. The molecule has 186 valence electrons. The fraction of sp³-hybridized carbons (Fsp3) is 0.520. The Morgan fingerprint density at radius 3 is 2.50 bits per heavy atom. The first-order valence-corrected chi connectivity index (χ1v) is 11.8. The van der Waals surface area contributed by atoms with Crippen LogP contribution >= 0.6 is 15.9 Å². The first-order chi connectivity index (χ1) is 16.1. The van der Waals surface area contributed by atoms with Crippen molar-refractivity contribution in [3.63, 3.8) is 0 Å². The van der Waals surface area contributed by atoms with Crippen molar-refractivity contribution in [2.75, 3.05) is 7.11 Å². The summed E-state index contributed by atoms with van der Waals surface area (Å²) >= 11 is 3.47. The molecule has 5 atom stereocenters. The Labute approximate surface area is 206 Å². The Bertz CT molecular complexity index is 896. The fourth-order valence-corrected chi connectivity index (χ4v) is 4.77. The minimum Gasteiger partial charge on any atom is -0.457 e. The average Bonchev–Trinajstić information content (AvgIpc) is 2.79. The van der Waals surface area contributed by atoms with Gasteiger partial charge in [0.25, 0.3) is 5.60 Å². The van der Waals surface area contributed by atoms with E-state index < -0.39 is 35.5 Å². The van der Waals surface area contributed by atoms with Crippen molar-refractivity contribution < 1.29 is 37.0 Å². The number of esters is 1. The average molecular weight is 545 g/mol. The molecule has 9 heteroatoms. The summed E-state index contributed by atoms with van der Waals surface area (Å²) in [4.78, 5) is 25.3. The van der Waals surface area contributed by atoms with E-state index in [1.165, 1.54) is 24.3 Å². The Hall–Kier alpha value is -2.15. The van der Waals surface area contributed by atoms with Crippen molar-refractivity contribution >= 4 is 27.7 Å². The van der Waals surface area contributed by atoms with Gasteiger partial charge in [0.05, 0.1) is 6.10 Å². The van der Waals surface area contributed by atoms with Gasteiger partial charge in [-0.3, -0.25) is 4.79 Å². The minimum atomic E-state index is -5.09. The molecule has 0 aromatic heterocycles. The highest BCUT2D eigenvalue weighted by Gasteiger charge is 2.64. The Kier molecular flexibility index (Phi) is 10.3. The third-order valence-corrected chi connectivity index (χ3v) is 6.66. The monoisotopic (exact) mass is 544 g/mol. The van der Waals surface area contributed by atoms with E-state index in [9.17, 15) is 22.8 Å². The summed E-state index contributed by atoms with van der Waals surface area (Å²) in [7, 11) is 0.810. The molecule has 1 aliphatic heterocycles. The zero-order chi connectivity index (χ0) is 25.4. The van der Waals surface area contributed by atoms with Gasteiger partial charge in [-0.05, 0) is 18.9 Å². The summed E-state index contributed by atoms with van der Waals surface area (Å²) in [5.74, 6) is 0.553. The van der Waals surface area contributed by atoms with Crippen LogP contribution in [0.3, 0.4) is 0 Å².